The summed E-state index contributed by atoms with van der Waals surface area (Å²) in [5, 5.41) is 8.11. The van der Waals surface area contributed by atoms with E-state index in [1.165, 1.54) is 4.31 Å². The molecule has 0 atom stereocenters. The normalized spacial score (nSPS) is 16.9. The fourth-order valence-electron chi connectivity index (χ4n) is 2.72. The summed E-state index contributed by atoms with van der Waals surface area (Å²) < 4.78 is 32.9. The van der Waals surface area contributed by atoms with Crippen LogP contribution in [0.5, 0.6) is 5.88 Å². The van der Waals surface area contributed by atoms with Crippen molar-refractivity contribution < 1.29 is 13.2 Å². The van der Waals surface area contributed by atoms with Crippen LogP contribution in [0.4, 0.5) is 0 Å². The van der Waals surface area contributed by atoms with E-state index in [4.69, 9.17) is 16.3 Å². The van der Waals surface area contributed by atoms with Crippen LogP contribution in [0.25, 0.3) is 0 Å². The predicted molar refractivity (Wildman–Crippen MR) is 90.6 cm³/mol. The molecule has 1 aromatic carbocycles. The molecular formula is C16H18ClN3O3S. The van der Waals surface area contributed by atoms with Crippen molar-refractivity contribution in [2.24, 2.45) is 0 Å². The van der Waals surface area contributed by atoms with Crippen molar-refractivity contribution >= 4 is 21.6 Å². The SMILES string of the molecule is Cc1c(Cl)cccc1S(=O)(=O)N1CCC(Oc2cccnn2)CC1. The lowest BCUT2D eigenvalue weighted by Gasteiger charge is -2.31. The third kappa shape index (κ3) is 3.53. The number of hydrogen-bond acceptors (Lipinski definition) is 5. The molecule has 1 aliphatic rings. The first-order valence-electron chi connectivity index (χ1n) is 7.68. The second kappa shape index (κ2) is 7.04. The highest BCUT2D eigenvalue weighted by atomic mass is 35.5. The summed E-state index contributed by atoms with van der Waals surface area (Å²) in [6.07, 6.45) is 2.73. The van der Waals surface area contributed by atoms with Crippen molar-refractivity contribution in [3.63, 3.8) is 0 Å². The molecule has 3 rings (SSSR count). The van der Waals surface area contributed by atoms with Crippen LogP contribution in [0.3, 0.4) is 0 Å². The van der Waals surface area contributed by atoms with Crippen LogP contribution in [-0.4, -0.2) is 42.1 Å². The van der Waals surface area contributed by atoms with Gasteiger partial charge in [0.2, 0.25) is 15.9 Å². The Bertz CT molecular complexity index is 807. The summed E-state index contributed by atoms with van der Waals surface area (Å²) in [5.41, 5.74) is 0.581. The highest BCUT2D eigenvalue weighted by molar-refractivity contribution is 7.89. The zero-order valence-corrected chi connectivity index (χ0v) is 14.8. The minimum atomic E-state index is -3.55. The maximum Gasteiger partial charge on any atom is 0.243 e. The molecule has 24 heavy (non-hydrogen) atoms. The summed E-state index contributed by atoms with van der Waals surface area (Å²) in [4.78, 5) is 0.267. The van der Waals surface area contributed by atoms with Gasteiger partial charge in [0.05, 0.1) is 4.90 Å². The maximum absolute atomic E-state index is 12.8. The van der Waals surface area contributed by atoms with Crippen molar-refractivity contribution in [3.8, 4) is 5.88 Å². The van der Waals surface area contributed by atoms with Gasteiger partial charge in [-0.3, -0.25) is 0 Å². The van der Waals surface area contributed by atoms with E-state index in [2.05, 4.69) is 10.2 Å². The first-order valence-corrected chi connectivity index (χ1v) is 9.50. The number of aromatic nitrogens is 2. The van der Waals surface area contributed by atoms with Gasteiger partial charge in [-0.25, -0.2) is 8.42 Å². The molecular weight excluding hydrogens is 350 g/mol. The molecule has 128 valence electrons. The molecule has 1 fully saturated rings. The molecule has 2 heterocycles. The highest BCUT2D eigenvalue weighted by Gasteiger charge is 2.31. The molecule has 8 heteroatoms. The molecule has 6 nitrogen and oxygen atoms in total. The molecule has 0 aliphatic carbocycles. The van der Waals surface area contributed by atoms with Gasteiger partial charge in [0.25, 0.3) is 0 Å². The van der Waals surface area contributed by atoms with Gasteiger partial charge in [0, 0.05) is 30.4 Å². The summed E-state index contributed by atoms with van der Waals surface area (Å²) in [6, 6.07) is 8.44. The first-order chi connectivity index (χ1) is 11.5. The number of piperidine rings is 1. The van der Waals surface area contributed by atoms with Crippen LogP contribution in [0.2, 0.25) is 5.02 Å². The zero-order chi connectivity index (χ0) is 17.2. The average Bonchev–Trinajstić information content (AvgIpc) is 2.58. The van der Waals surface area contributed by atoms with Crippen molar-refractivity contribution in [2.75, 3.05) is 13.1 Å². The summed E-state index contributed by atoms with van der Waals surface area (Å²) in [7, 11) is -3.55. The van der Waals surface area contributed by atoms with Crippen LogP contribution < -0.4 is 4.74 Å². The molecule has 0 unspecified atom stereocenters. The smallest absolute Gasteiger partial charge is 0.243 e. The lowest BCUT2D eigenvalue weighted by atomic mass is 10.1. The van der Waals surface area contributed by atoms with E-state index >= 15 is 0 Å². The van der Waals surface area contributed by atoms with Gasteiger partial charge < -0.3 is 4.74 Å². The van der Waals surface area contributed by atoms with E-state index < -0.39 is 10.0 Å². The van der Waals surface area contributed by atoms with E-state index in [0.717, 1.165) is 0 Å². The van der Waals surface area contributed by atoms with Crippen LogP contribution >= 0.6 is 11.6 Å². The van der Waals surface area contributed by atoms with E-state index in [-0.39, 0.29) is 11.0 Å². The molecule has 0 spiro atoms. The Morgan fingerprint density at radius 3 is 2.62 bits per heavy atom. The molecule has 2 aromatic rings. The molecule has 0 N–H and O–H groups in total. The molecule has 0 saturated carbocycles. The van der Waals surface area contributed by atoms with Crippen molar-refractivity contribution in [2.45, 2.75) is 30.8 Å². The first kappa shape index (κ1) is 17.1. The van der Waals surface area contributed by atoms with Crippen LogP contribution in [0, 0.1) is 6.92 Å². The second-order valence-corrected chi connectivity index (χ2v) is 7.96. The van der Waals surface area contributed by atoms with Crippen LogP contribution in [0.15, 0.2) is 41.4 Å². The predicted octanol–water partition coefficient (Wildman–Crippen LogP) is 2.67. The molecule has 1 aliphatic heterocycles. The fraction of sp³-hybridized carbons (Fsp3) is 0.375. The Kier molecular flexibility index (Phi) is 5.03. The fourth-order valence-corrected chi connectivity index (χ4v) is 4.67. The van der Waals surface area contributed by atoms with Gasteiger partial charge in [-0.1, -0.05) is 17.7 Å². The number of sulfonamides is 1. The largest absolute Gasteiger partial charge is 0.473 e. The zero-order valence-electron chi connectivity index (χ0n) is 13.2. The van der Waals surface area contributed by atoms with E-state index in [1.807, 2.05) is 0 Å². The van der Waals surface area contributed by atoms with Gasteiger partial charge in [-0.2, -0.15) is 9.40 Å². The Balaban J connectivity index is 1.69. The standard InChI is InChI=1S/C16H18ClN3O3S/c1-12-14(17)4-2-5-15(12)24(21,22)20-10-7-13(8-11-20)23-16-6-3-9-18-19-16/h2-6,9,13H,7-8,10-11H2,1H3. The summed E-state index contributed by atoms with van der Waals surface area (Å²) in [5.74, 6) is 0.462. The van der Waals surface area contributed by atoms with Crippen molar-refractivity contribution in [1.29, 1.82) is 0 Å². The van der Waals surface area contributed by atoms with Gasteiger partial charge in [0.1, 0.15) is 6.10 Å². The average molecular weight is 368 g/mol. The second-order valence-electron chi connectivity index (χ2n) is 5.65. The van der Waals surface area contributed by atoms with Crippen LogP contribution in [-0.2, 0) is 10.0 Å². The van der Waals surface area contributed by atoms with Gasteiger partial charge in [-0.05, 0) is 43.5 Å². The molecule has 1 aromatic heterocycles. The number of nitrogens with zero attached hydrogens (tertiary/aromatic N) is 3. The Morgan fingerprint density at radius 2 is 1.96 bits per heavy atom. The number of rotatable bonds is 4. The quantitative estimate of drug-likeness (QED) is 0.830. The van der Waals surface area contributed by atoms with E-state index in [1.54, 1.807) is 43.5 Å². The third-order valence-corrected chi connectivity index (χ3v) is 6.52. The Hall–Kier alpha value is -1.70. The summed E-state index contributed by atoms with van der Waals surface area (Å²) >= 11 is 6.06. The lowest BCUT2D eigenvalue weighted by Crippen LogP contribution is -2.42. The van der Waals surface area contributed by atoms with E-state index in [0.29, 0.717) is 42.4 Å². The Labute approximate surface area is 146 Å². The number of ether oxygens (including phenoxy) is 1. The van der Waals surface area contributed by atoms with Gasteiger partial charge in [0.15, 0.2) is 0 Å². The summed E-state index contributed by atoms with van der Waals surface area (Å²) in [6.45, 7) is 2.53. The lowest BCUT2D eigenvalue weighted by molar-refractivity contribution is 0.128. The molecule has 0 amide bonds. The highest BCUT2D eigenvalue weighted by Crippen LogP contribution is 2.28. The van der Waals surface area contributed by atoms with Gasteiger partial charge in [-0.15, -0.1) is 5.10 Å². The number of halogens is 1. The van der Waals surface area contributed by atoms with E-state index in [9.17, 15) is 8.42 Å². The monoisotopic (exact) mass is 367 g/mol. The number of hydrogen-bond donors (Lipinski definition) is 0. The molecule has 0 bridgehead atoms. The van der Waals surface area contributed by atoms with Crippen LogP contribution in [0.1, 0.15) is 18.4 Å². The van der Waals surface area contributed by atoms with Gasteiger partial charge >= 0.3 is 0 Å². The number of benzene rings is 1. The van der Waals surface area contributed by atoms with Crippen molar-refractivity contribution in [1.82, 2.24) is 14.5 Å². The molecule has 1 saturated heterocycles. The molecule has 0 radical (unpaired) electrons. The Morgan fingerprint density at radius 1 is 1.21 bits per heavy atom. The minimum absolute atomic E-state index is 0.0615. The maximum atomic E-state index is 12.8. The topological polar surface area (TPSA) is 72.4 Å². The third-order valence-electron chi connectivity index (χ3n) is 4.07. The van der Waals surface area contributed by atoms with Crippen molar-refractivity contribution in [3.05, 3.63) is 47.1 Å². The minimum Gasteiger partial charge on any atom is -0.473 e.